The Hall–Kier alpha value is -1.42. The zero-order chi connectivity index (χ0) is 14.8. The van der Waals surface area contributed by atoms with Gasteiger partial charge in [0, 0.05) is 5.56 Å². The molecule has 0 aliphatic carbocycles. The quantitative estimate of drug-likeness (QED) is 0.836. The van der Waals surface area contributed by atoms with E-state index in [1.54, 1.807) is 13.8 Å². The van der Waals surface area contributed by atoms with E-state index >= 15 is 0 Å². The summed E-state index contributed by atoms with van der Waals surface area (Å²) in [6.07, 6.45) is 0. The summed E-state index contributed by atoms with van der Waals surface area (Å²) in [5, 5.41) is 2.88. The van der Waals surface area contributed by atoms with Crippen LogP contribution in [0, 0.1) is 0 Å². The van der Waals surface area contributed by atoms with Gasteiger partial charge in [0.1, 0.15) is 0 Å². The first-order valence-corrected chi connectivity index (χ1v) is 6.68. The van der Waals surface area contributed by atoms with Crippen LogP contribution in [0.5, 0.6) is 0 Å². The Morgan fingerprint density at radius 3 is 2.16 bits per heavy atom. The van der Waals surface area contributed by atoms with E-state index < -0.39 is 5.54 Å². The van der Waals surface area contributed by atoms with Crippen molar-refractivity contribution in [3.63, 3.8) is 0 Å². The Balaban J connectivity index is 3.12. The second-order valence-corrected chi connectivity index (χ2v) is 6.68. The molecule has 0 saturated carbocycles. The maximum absolute atomic E-state index is 12.4. The Morgan fingerprint density at radius 2 is 1.68 bits per heavy atom. The van der Waals surface area contributed by atoms with Crippen LogP contribution in [0.1, 0.15) is 50.5 Å². The van der Waals surface area contributed by atoms with Crippen molar-refractivity contribution in [2.75, 3.05) is 0 Å². The molecule has 0 aliphatic rings. The van der Waals surface area contributed by atoms with E-state index in [2.05, 4.69) is 26.1 Å². The molecule has 1 aromatic rings. The fourth-order valence-corrected chi connectivity index (χ4v) is 1.80. The predicted octanol–water partition coefficient (Wildman–Crippen LogP) is 2.78. The molecule has 0 fully saturated rings. The molecule has 0 unspecified atom stereocenters. The molecule has 1 amide bonds. The monoisotopic (exact) mass is 278 g/mol. The first-order valence-electron chi connectivity index (χ1n) is 6.27. The lowest BCUT2D eigenvalue weighted by Crippen LogP contribution is -2.52. The molecule has 1 rings (SSSR count). The second kappa shape index (κ2) is 5.29. The lowest BCUT2D eigenvalue weighted by atomic mass is 9.83. The highest BCUT2D eigenvalue weighted by Gasteiger charge is 2.27. The van der Waals surface area contributed by atoms with Crippen molar-refractivity contribution >= 4 is 23.1 Å². The van der Waals surface area contributed by atoms with E-state index in [-0.39, 0.29) is 16.3 Å². The maximum atomic E-state index is 12.4. The Labute approximate surface area is 120 Å². The van der Waals surface area contributed by atoms with Gasteiger partial charge in [0.05, 0.1) is 10.5 Å². The van der Waals surface area contributed by atoms with Gasteiger partial charge in [0.25, 0.3) is 5.91 Å². The van der Waals surface area contributed by atoms with Crippen LogP contribution in [0.25, 0.3) is 0 Å². The van der Waals surface area contributed by atoms with Crippen molar-refractivity contribution in [2.24, 2.45) is 5.73 Å². The van der Waals surface area contributed by atoms with Crippen molar-refractivity contribution < 1.29 is 4.79 Å². The number of carbonyl (C=O) groups is 1. The summed E-state index contributed by atoms with van der Waals surface area (Å²) in [6, 6.07) is 7.60. The SMILES string of the molecule is CC(C)(NC(=O)c1ccccc1C(C)(C)C)C(N)=S. The molecule has 0 aromatic heterocycles. The number of hydrogen-bond donors (Lipinski definition) is 2. The van der Waals surface area contributed by atoms with Crippen LogP contribution in [-0.2, 0) is 5.41 Å². The Morgan fingerprint density at radius 1 is 1.16 bits per heavy atom. The molecule has 3 N–H and O–H groups in total. The highest BCUT2D eigenvalue weighted by atomic mass is 32.1. The largest absolute Gasteiger partial charge is 0.391 e. The maximum Gasteiger partial charge on any atom is 0.252 e. The smallest absolute Gasteiger partial charge is 0.252 e. The molecule has 0 spiro atoms. The lowest BCUT2D eigenvalue weighted by molar-refractivity contribution is 0.0930. The number of benzene rings is 1. The summed E-state index contributed by atoms with van der Waals surface area (Å²) in [7, 11) is 0. The predicted molar refractivity (Wildman–Crippen MR) is 83.5 cm³/mol. The van der Waals surface area contributed by atoms with Gasteiger partial charge in [-0.1, -0.05) is 51.2 Å². The molecule has 0 heterocycles. The van der Waals surface area contributed by atoms with E-state index in [0.29, 0.717) is 5.56 Å². The van der Waals surface area contributed by atoms with Gasteiger partial charge < -0.3 is 11.1 Å². The molecular formula is C15H22N2OS. The number of nitrogens with one attached hydrogen (secondary N) is 1. The number of carbonyl (C=O) groups excluding carboxylic acids is 1. The van der Waals surface area contributed by atoms with E-state index in [4.69, 9.17) is 18.0 Å². The summed E-state index contributed by atoms with van der Waals surface area (Å²) in [6.45, 7) is 9.84. The minimum Gasteiger partial charge on any atom is -0.391 e. The Kier molecular flexibility index (Phi) is 4.35. The topological polar surface area (TPSA) is 55.1 Å². The molecule has 1 aromatic carbocycles. The molecule has 4 heteroatoms. The van der Waals surface area contributed by atoms with Crippen LogP contribution in [0.4, 0.5) is 0 Å². The summed E-state index contributed by atoms with van der Waals surface area (Å²) in [4.78, 5) is 12.7. The molecule has 0 atom stereocenters. The average Bonchev–Trinajstić information content (AvgIpc) is 2.27. The minimum atomic E-state index is -0.697. The fraction of sp³-hybridized carbons (Fsp3) is 0.467. The van der Waals surface area contributed by atoms with Gasteiger partial charge in [-0.25, -0.2) is 0 Å². The summed E-state index contributed by atoms with van der Waals surface area (Å²) < 4.78 is 0. The molecular weight excluding hydrogens is 256 g/mol. The zero-order valence-corrected chi connectivity index (χ0v) is 13.0. The van der Waals surface area contributed by atoms with Gasteiger partial charge in [-0.2, -0.15) is 0 Å². The number of hydrogen-bond acceptors (Lipinski definition) is 2. The standard InChI is InChI=1S/C15H22N2OS/c1-14(2,3)11-9-7-6-8-10(11)12(18)17-15(4,5)13(16)19/h6-9H,1-5H3,(H2,16,19)(H,17,18). The second-order valence-electron chi connectivity index (χ2n) is 6.24. The van der Waals surface area contributed by atoms with Crippen LogP contribution < -0.4 is 11.1 Å². The molecule has 104 valence electrons. The van der Waals surface area contributed by atoms with Gasteiger partial charge in [-0.05, 0) is 30.9 Å². The first kappa shape index (κ1) is 15.6. The number of rotatable bonds is 3. The van der Waals surface area contributed by atoms with Crippen molar-refractivity contribution in [3.05, 3.63) is 35.4 Å². The number of thiocarbonyl (C=S) groups is 1. The van der Waals surface area contributed by atoms with E-state index in [1.165, 1.54) is 0 Å². The third-order valence-electron chi connectivity index (χ3n) is 3.02. The average molecular weight is 278 g/mol. The van der Waals surface area contributed by atoms with Gasteiger partial charge in [0.2, 0.25) is 0 Å². The summed E-state index contributed by atoms with van der Waals surface area (Å²) in [5.41, 5.74) is 6.52. The van der Waals surface area contributed by atoms with Gasteiger partial charge in [-0.3, -0.25) is 4.79 Å². The molecule has 0 aliphatic heterocycles. The van der Waals surface area contributed by atoms with Crippen molar-refractivity contribution in [1.29, 1.82) is 0 Å². The Bertz CT molecular complexity index is 501. The first-order chi connectivity index (χ1) is 8.55. The van der Waals surface area contributed by atoms with Crippen LogP contribution in [0.2, 0.25) is 0 Å². The van der Waals surface area contributed by atoms with Gasteiger partial charge in [0.15, 0.2) is 0 Å². The summed E-state index contributed by atoms with van der Waals surface area (Å²) >= 11 is 4.97. The van der Waals surface area contributed by atoms with Crippen LogP contribution in [0.15, 0.2) is 24.3 Å². The van der Waals surface area contributed by atoms with E-state index in [0.717, 1.165) is 5.56 Å². The van der Waals surface area contributed by atoms with Crippen LogP contribution in [0.3, 0.4) is 0 Å². The highest BCUT2D eigenvalue weighted by Crippen LogP contribution is 2.26. The molecule has 19 heavy (non-hydrogen) atoms. The summed E-state index contributed by atoms with van der Waals surface area (Å²) in [5.74, 6) is -0.150. The van der Waals surface area contributed by atoms with E-state index in [9.17, 15) is 4.79 Å². The number of amides is 1. The molecule has 0 radical (unpaired) electrons. The van der Waals surface area contributed by atoms with Crippen LogP contribution >= 0.6 is 12.2 Å². The molecule has 0 saturated heterocycles. The zero-order valence-electron chi connectivity index (χ0n) is 12.2. The van der Waals surface area contributed by atoms with Crippen LogP contribution in [-0.4, -0.2) is 16.4 Å². The minimum absolute atomic E-state index is 0.0959. The van der Waals surface area contributed by atoms with Gasteiger partial charge in [-0.15, -0.1) is 0 Å². The molecule has 3 nitrogen and oxygen atoms in total. The highest BCUT2D eigenvalue weighted by molar-refractivity contribution is 7.80. The van der Waals surface area contributed by atoms with Crippen molar-refractivity contribution in [2.45, 2.75) is 45.6 Å². The van der Waals surface area contributed by atoms with E-state index in [1.807, 2.05) is 24.3 Å². The number of nitrogens with two attached hydrogens (primary N) is 1. The third kappa shape index (κ3) is 3.77. The normalized spacial score (nSPS) is 12.1. The third-order valence-corrected chi connectivity index (χ3v) is 3.53. The fourth-order valence-electron chi connectivity index (χ4n) is 1.75. The molecule has 0 bridgehead atoms. The van der Waals surface area contributed by atoms with Crippen molar-refractivity contribution in [1.82, 2.24) is 5.32 Å². The van der Waals surface area contributed by atoms with Crippen molar-refractivity contribution in [3.8, 4) is 0 Å². The van der Waals surface area contributed by atoms with Gasteiger partial charge >= 0.3 is 0 Å². The lowest BCUT2D eigenvalue weighted by Gasteiger charge is -2.27.